The van der Waals surface area contributed by atoms with Gasteiger partial charge in [0.2, 0.25) is 0 Å². The van der Waals surface area contributed by atoms with Crippen LogP contribution in [-0.4, -0.2) is 4.98 Å². The molecule has 2 rings (SSSR count). The highest BCUT2D eigenvalue weighted by molar-refractivity contribution is 6.29. The van der Waals surface area contributed by atoms with E-state index in [0.29, 0.717) is 11.6 Å². The maximum Gasteiger partial charge on any atom is 0.419 e. The predicted octanol–water partition coefficient (Wildman–Crippen LogP) is 3.45. The number of rotatable bonds is 3. The summed E-state index contributed by atoms with van der Waals surface area (Å²) in [5, 5.41) is 0.240. The maximum absolute atomic E-state index is 13.3. The quantitative estimate of drug-likeness (QED) is 0.394. The maximum atomic E-state index is 13.3. The number of aromatic nitrogens is 1. The van der Waals surface area contributed by atoms with Gasteiger partial charge in [0.15, 0.2) is 0 Å². The second-order valence-electron chi connectivity index (χ2n) is 4.25. The van der Waals surface area contributed by atoms with Crippen molar-refractivity contribution < 1.29 is 17.6 Å². The summed E-state index contributed by atoms with van der Waals surface area (Å²) < 4.78 is 51.5. The number of hydrazine groups is 1. The molecule has 1 aromatic carbocycles. The first-order chi connectivity index (χ1) is 9.82. The van der Waals surface area contributed by atoms with E-state index >= 15 is 0 Å². The molecule has 0 amide bonds. The lowest BCUT2D eigenvalue weighted by Gasteiger charge is -2.18. The van der Waals surface area contributed by atoms with Crippen LogP contribution >= 0.6 is 11.6 Å². The smallest absolute Gasteiger partial charge is 0.271 e. The van der Waals surface area contributed by atoms with E-state index in [4.69, 9.17) is 17.4 Å². The Kier molecular flexibility index (Phi) is 4.46. The van der Waals surface area contributed by atoms with Crippen molar-refractivity contribution in [2.75, 3.05) is 0 Å². The zero-order chi connectivity index (χ0) is 15.6. The van der Waals surface area contributed by atoms with Gasteiger partial charge in [0.1, 0.15) is 11.0 Å². The van der Waals surface area contributed by atoms with Crippen LogP contribution in [0.25, 0.3) is 0 Å². The molecule has 0 spiro atoms. The van der Waals surface area contributed by atoms with Crippen molar-refractivity contribution in [2.24, 2.45) is 5.84 Å². The fourth-order valence-electron chi connectivity index (χ4n) is 1.88. The van der Waals surface area contributed by atoms with Crippen molar-refractivity contribution in [1.29, 1.82) is 0 Å². The van der Waals surface area contributed by atoms with Gasteiger partial charge in [0.05, 0.1) is 11.6 Å². The molecule has 112 valence electrons. The number of hydrogen-bond acceptors (Lipinski definition) is 3. The van der Waals surface area contributed by atoms with Crippen molar-refractivity contribution in [3.05, 3.63) is 64.2 Å². The fourth-order valence-corrected chi connectivity index (χ4v) is 1.99. The fraction of sp³-hybridized carbons (Fsp3) is 0.154. The summed E-state index contributed by atoms with van der Waals surface area (Å²) in [6.45, 7) is 0. The second-order valence-corrected chi connectivity index (χ2v) is 4.64. The highest BCUT2D eigenvalue weighted by atomic mass is 35.5. The number of nitrogens with one attached hydrogen (secondary N) is 1. The highest BCUT2D eigenvalue weighted by Gasteiger charge is 2.34. The average molecular weight is 320 g/mol. The molecular formula is C13H10ClF4N3. The van der Waals surface area contributed by atoms with E-state index < -0.39 is 23.6 Å². The Bertz CT molecular complexity index is 628. The molecule has 0 aliphatic rings. The van der Waals surface area contributed by atoms with Crippen LogP contribution in [0.4, 0.5) is 17.6 Å². The molecule has 8 heteroatoms. The molecule has 0 bridgehead atoms. The molecule has 1 atom stereocenters. The first-order valence-electron chi connectivity index (χ1n) is 5.77. The number of hydrogen-bond donors (Lipinski definition) is 2. The number of benzene rings is 1. The zero-order valence-electron chi connectivity index (χ0n) is 10.5. The number of halogens is 5. The molecule has 0 fully saturated rings. The Hall–Kier alpha value is -1.70. The molecule has 1 unspecified atom stereocenters. The lowest BCUT2D eigenvalue weighted by Crippen LogP contribution is -2.29. The minimum atomic E-state index is -4.78. The monoisotopic (exact) mass is 319 g/mol. The van der Waals surface area contributed by atoms with Crippen molar-refractivity contribution in [3.63, 3.8) is 0 Å². The Morgan fingerprint density at radius 2 is 1.81 bits per heavy atom. The van der Waals surface area contributed by atoms with E-state index in [-0.39, 0.29) is 10.7 Å². The summed E-state index contributed by atoms with van der Waals surface area (Å²) in [6, 6.07) is 4.98. The third kappa shape index (κ3) is 3.49. The number of pyridine rings is 1. The van der Waals surface area contributed by atoms with Gasteiger partial charge >= 0.3 is 6.18 Å². The Balaban J connectivity index is 2.46. The minimum Gasteiger partial charge on any atom is -0.271 e. The molecule has 21 heavy (non-hydrogen) atoms. The van der Waals surface area contributed by atoms with Crippen molar-refractivity contribution >= 4 is 11.6 Å². The molecule has 0 aliphatic heterocycles. The Morgan fingerprint density at radius 3 is 2.33 bits per heavy atom. The van der Waals surface area contributed by atoms with Crippen molar-refractivity contribution in [3.8, 4) is 0 Å². The van der Waals surface area contributed by atoms with E-state index in [2.05, 4.69) is 10.4 Å². The number of alkyl halides is 3. The van der Waals surface area contributed by atoms with E-state index in [9.17, 15) is 17.6 Å². The van der Waals surface area contributed by atoms with Crippen LogP contribution in [0.2, 0.25) is 5.15 Å². The van der Waals surface area contributed by atoms with Gasteiger partial charge in [-0.2, -0.15) is 13.2 Å². The van der Waals surface area contributed by atoms with E-state index in [1.54, 1.807) is 6.07 Å². The molecule has 0 saturated carbocycles. The van der Waals surface area contributed by atoms with Crippen LogP contribution in [0, 0.1) is 5.82 Å². The van der Waals surface area contributed by atoms with Crippen molar-refractivity contribution in [1.82, 2.24) is 10.4 Å². The minimum absolute atomic E-state index is 0.162. The van der Waals surface area contributed by atoms with Crippen LogP contribution in [-0.2, 0) is 6.18 Å². The Morgan fingerprint density at radius 1 is 1.14 bits per heavy atom. The largest absolute Gasteiger partial charge is 0.419 e. The molecule has 0 saturated heterocycles. The first-order valence-corrected chi connectivity index (χ1v) is 6.15. The second kappa shape index (κ2) is 5.97. The summed E-state index contributed by atoms with van der Waals surface area (Å²) >= 11 is 5.65. The molecule has 0 aliphatic carbocycles. The normalized spacial score (nSPS) is 13.2. The summed E-state index contributed by atoms with van der Waals surface area (Å²) in [5.74, 6) is 4.05. The van der Waals surface area contributed by atoms with E-state index in [0.717, 1.165) is 6.07 Å². The summed E-state index contributed by atoms with van der Waals surface area (Å²) in [6.07, 6.45) is -3.40. The lowest BCUT2D eigenvalue weighted by atomic mass is 9.98. The van der Waals surface area contributed by atoms with Gasteiger partial charge in [0, 0.05) is 6.20 Å². The predicted molar refractivity (Wildman–Crippen MR) is 69.8 cm³/mol. The summed E-state index contributed by atoms with van der Waals surface area (Å²) in [4.78, 5) is 3.84. The lowest BCUT2D eigenvalue weighted by molar-refractivity contribution is -0.140. The third-order valence-corrected chi connectivity index (χ3v) is 3.10. The standard InChI is InChI=1S/C13H10ClF4N3/c14-11-4-2-8(6-20-11)12(21-19)7-1-3-10(15)9(5-7)13(16,17)18/h1-6,12,21H,19H2. The van der Waals surface area contributed by atoms with Gasteiger partial charge < -0.3 is 0 Å². The van der Waals surface area contributed by atoms with Crippen LogP contribution in [0.5, 0.6) is 0 Å². The van der Waals surface area contributed by atoms with E-state index in [1.165, 1.54) is 18.3 Å². The SMILES string of the molecule is NNC(c1ccc(Cl)nc1)c1ccc(F)c(C(F)(F)F)c1. The summed E-state index contributed by atoms with van der Waals surface area (Å²) in [5.41, 5.74) is 1.70. The van der Waals surface area contributed by atoms with Gasteiger partial charge in [0.25, 0.3) is 0 Å². The Labute approximate surface area is 122 Å². The van der Waals surface area contributed by atoms with Gasteiger partial charge in [-0.15, -0.1) is 0 Å². The van der Waals surface area contributed by atoms with Crippen LogP contribution in [0.3, 0.4) is 0 Å². The number of nitrogens with two attached hydrogens (primary N) is 1. The highest BCUT2D eigenvalue weighted by Crippen LogP contribution is 2.34. The van der Waals surface area contributed by atoms with Gasteiger partial charge in [-0.25, -0.2) is 14.8 Å². The molecule has 3 nitrogen and oxygen atoms in total. The molecule has 3 N–H and O–H groups in total. The zero-order valence-corrected chi connectivity index (χ0v) is 11.2. The van der Waals surface area contributed by atoms with Gasteiger partial charge in [-0.3, -0.25) is 5.84 Å². The molecule has 0 radical (unpaired) electrons. The van der Waals surface area contributed by atoms with Crippen LogP contribution in [0.1, 0.15) is 22.7 Å². The van der Waals surface area contributed by atoms with Gasteiger partial charge in [-0.1, -0.05) is 23.7 Å². The molecular weight excluding hydrogens is 310 g/mol. The molecule has 1 aromatic heterocycles. The number of nitrogens with zero attached hydrogens (tertiary/aromatic N) is 1. The third-order valence-electron chi connectivity index (χ3n) is 2.88. The van der Waals surface area contributed by atoms with E-state index in [1.807, 2.05) is 0 Å². The first kappa shape index (κ1) is 15.7. The summed E-state index contributed by atoms with van der Waals surface area (Å²) in [7, 11) is 0. The van der Waals surface area contributed by atoms with Gasteiger partial charge in [-0.05, 0) is 29.3 Å². The molecule has 2 aromatic rings. The van der Waals surface area contributed by atoms with Crippen LogP contribution < -0.4 is 11.3 Å². The average Bonchev–Trinajstić information content (AvgIpc) is 2.42. The topological polar surface area (TPSA) is 50.9 Å². The molecule has 1 heterocycles. The van der Waals surface area contributed by atoms with Crippen molar-refractivity contribution in [2.45, 2.75) is 12.2 Å². The van der Waals surface area contributed by atoms with Crippen LogP contribution in [0.15, 0.2) is 36.5 Å².